The first kappa shape index (κ1) is 17.3. The molecule has 126 valence electrons. The van der Waals surface area contributed by atoms with Crippen molar-refractivity contribution in [3.05, 3.63) is 34.9 Å². The second kappa shape index (κ2) is 6.60. The van der Waals surface area contributed by atoms with Crippen molar-refractivity contribution in [2.45, 2.75) is 38.9 Å². The molecule has 1 aliphatic rings. The van der Waals surface area contributed by atoms with E-state index in [9.17, 15) is 22.8 Å². The van der Waals surface area contributed by atoms with Gasteiger partial charge in [0, 0.05) is 31.6 Å². The zero-order valence-corrected chi connectivity index (χ0v) is 13.0. The fourth-order valence-corrected chi connectivity index (χ4v) is 2.76. The van der Waals surface area contributed by atoms with Gasteiger partial charge in [0.05, 0.1) is 5.56 Å². The van der Waals surface area contributed by atoms with E-state index in [4.69, 9.17) is 0 Å². The Balaban J connectivity index is 2.09. The highest BCUT2D eigenvalue weighted by molar-refractivity contribution is 5.94. The minimum absolute atomic E-state index is 0.0142. The zero-order valence-electron chi connectivity index (χ0n) is 13.0. The lowest BCUT2D eigenvalue weighted by Crippen LogP contribution is -2.46. The number of alkyl halides is 3. The van der Waals surface area contributed by atoms with Gasteiger partial charge >= 0.3 is 6.18 Å². The van der Waals surface area contributed by atoms with Crippen molar-refractivity contribution in [1.29, 1.82) is 0 Å². The van der Waals surface area contributed by atoms with Crippen LogP contribution in [0.15, 0.2) is 18.2 Å². The summed E-state index contributed by atoms with van der Waals surface area (Å²) in [6.07, 6.45) is -3.27. The summed E-state index contributed by atoms with van der Waals surface area (Å²) in [4.78, 5) is 24.9. The molecular formula is C16H19F3N2O2. The summed E-state index contributed by atoms with van der Waals surface area (Å²) >= 11 is 0. The molecule has 0 aliphatic carbocycles. The van der Waals surface area contributed by atoms with E-state index in [1.165, 1.54) is 30.9 Å². The number of piperidine rings is 1. The molecule has 0 atom stereocenters. The van der Waals surface area contributed by atoms with Crippen LogP contribution in [0.4, 0.5) is 13.2 Å². The number of aryl methyl sites for hydroxylation is 1. The summed E-state index contributed by atoms with van der Waals surface area (Å²) in [6.45, 7) is 3.64. The summed E-state index contributed by atoms with van der Waals surface area (Å²) in [7, 11) is 0. The minimum Gasteiger partial charge on any atom is -0.353 e. The molecule has 1 heterocycles. The Morgan fingerprint density at radius 1 is 1.22 bits per heavy atom. The van der Waals surface area contributed by atoms with Gasteiger partial charge in [0.15, 0.2) is 0 Å². The van der Waals surface area contributed by atoms with Crippen molar-refractivity contribution in [3.63, 3.8) is 0 Å². The van der Waals surface area contributed by atoms with Gasteiger partial charge in [0.2, 0.25) is 5.91 Å². The number of hydrogen-bond donors (Lipinski definition) is 1. The van der Waals surface area contributed by atoms with E-state index < -0.39 is 17.6 Å². The molecule has 0 aromatic heterocycles. The maximum atomic E-state index is 12.9. The number of likely N-dealkylation sites (tertiary alicyclic amines) is 1. The van der Waals surface area contributed by atoms with E-state index in [2.05, 4.69) is 5.32 Å². The highest BCUT2D eigenvalue weighted by atomic mass is 19.4. The zero-order chi connectivity index (χ0) is 17.2. The van der Waals surface area contributed by atoms with E-state index >= 15 is 0 Å². The van der Waals surface area contributed by atoms with Crippen LogP contribution in [-0.2, 0) is 11.0 Å². The monoisotopic (exact) mass is 328 g/mol. The Bertz CT molecular complexity index is 606. The molecule has 4 nitrogen and oxygen atoms in total. The third-order valence-electron chi connectivity index (χ3n) is 3.98. The Morgan fingerprint density at radius 2 is 1.83 bits per heavy atom. The van der Waals surface area contributed by atoms with E-state index in [0.717, 1.165) is 6.07 Å². The molecular weight excluding hydrogens is 309 g/mol. The van der Waals surface area contributed by atoms with Gasteiger partial charge in [-0.05, 0) is 37.5 Å². The van der Waals surface area contributed by atoms with E-state index in [-0.39, 0.29) is 23.1 Å². The van der Waals surface area contributed by atoms with Crippen LogP contribution in [-0.4, -0.2) is 35.8 Å². The number of halogens is 3. The molecule has 0 bridgehead atoms. The number of rotatable bonds is 2. The second-order valence-electron chi connectivity index (χ2n) is 5.79. The predicted octanol–water partition coefficient (Wildman–Crippen LogP) is 2.75. The summed E-state index contributed by atoms with van der Waals surface area (Å²) in [6, 6.07) is 3.67. The molecule has 1 N–H and O–H groups in total. The molecule has 2 rings (SSSR count). The molecule has 0 radical (unpaired) electrons. The molecule has 23 heavy (non-hydrogen) atoms. The number of benzene rings is 1. The first-order valence-corrected chi connectivity index (χ1v) is 7.42. The first-order valence-electron chi connectivity index (χ1n) is 7.42. The van der Waals surface area contributed by atoms with Crippen molar-refractivity contribution in [2.24, 2.45) is 0 Å². The summed E-state index contributed by atoms with van der Waals surface area (Å²) in [5.41, 5.74) is -0.643. The lowest BCUT2D eigenvalue weighted by atomic mass is 10.0. The molecule has 0 saturated carbocycles. The fraction of sp³-hybridized carbons (Fsp3) is 0.500. The molecule has 0 spiro atoms. The Hall–Kier alpha value is -2.05. The molecule has 7 heteroatoms. The van der Waals surface area contributed by atoms with Crippen LogP contribution < -0.4 is 5.32 Å². The summed E-state index contributed by atoms with van der Waals surface area (Å²) < 4.78 is 38.8. The number of nitrogens with zero attached hydrogens (tertiary/aromatic N) is 1. The smallest absolute Gasteiger partial charge is 0.353 e. The Labute approximate surface area is 132 Å². The van der Waals surface area contributed by atoms with Gasteiger partial charge in [-0.2, -0.15) is 13.2 Å². The lowest BCUT2D eigenvalue weighted by Gasteiger charge is -2.32. The van der Waals surface area contributed by atoms with Gasteiger partial charge in [0.1, 0.15) is 0 Å². The molecule has 1 aromatic carbocycles. The quantitative estimate of drug-likeness (QED) is 0.907. The topological polar surface area (TPSA) is 49.4 Å². The van der Waals surface area contributed by atoms with Crippen molar-refractivity contribution < 1.29 is 22.8 Å². The van der Waals surface area contributed by atoms with Gasteiger partial charge in [0.25, 0.3) is 5.91 Å². The van der Waals surface area contributed by atoms with Crippen LogP contribution >= 0.6 is 0 Å². The van der Waals surface area contributed by atoms with Crippen molar-refractivity contribution in [3.8, 4) is 0 Å². The van der Waals surface area contributed by atoms with Gasteiger partial charge in [-0.3, -0.25) is 9.59 Å². The lowest BCUT2D eigenvalue weighted by molar-refractivity contribution is -0.138. The number of nitrogens with one attached hydrogen (secondary N) is 1. The molecule has 1 saturated heterocycles. The number of carbonyl (C=O) groups is 2. The fourth-order valence-electron chi connectivity index (χ4n) is 2.76. The van der Waals surface area contributed by atoms with Gasteiger partial charge < -0.3 is 10.2 Å². The maximum absolute atomic E-state index is 12.9. The van der Waals surface area contributed by atoms with Crippen LogP contribution in [0.25, 0.3) is 0 Å². The largest absolute Gasteiger partial charge is 0.416 e. The summed E-state index contributed by atoms with van der Waals surface area (Å²) in [5, 5.41) is 2.79. The number of amides is 2. The van der Waals surface area contributed by atoms with Crippen molar-refractivity contribution >= 4 is 11.8 Å². The Kier molecular flexibility index (Phi) is 4.97. The normalized spacial score (nSPS) is 16.3. The van der Waals surface area contributed by atoms with E-state index in [1.807, 2.05) is 0 Å². The second-order valence-corrected chi connectivity index (χ2v) is 5.79. The van der Waals surface area contributed by atoms with Crippen LogP contribution in [0.1, 0.15) is 41.3 Å². The maximum Gasteiger partial charge on any atom is 0.416 e. The third kappa shape index (κ3) is 4.24. The van der Waals surface area contributed by atoms with Gasteiger partial charge in [-0.1, -0.05) is 6.07 Å². The standard InChI is InChI=1S/C16H19F3N2O2/c1-10-3-4-12(9-14(10)16(17,18)19)15(23)21-7-5-13(6-8-21)20-11(2)22/h3-4,9,13H,5-8H2,1-2H3,(H,20,22). The van der Waals surface area contributed by atoms with Crippen molar-refractivity contribution in [1.82, 2.24) is 10.2 Å². The SMILES string of the molecule is CC(=O)NC1CCN(C(=O)c2ccc(C)c(C(F)(F)F)c2)CC1. The third-order valence-corrected chi connectivity index (χ3v) is 3.98. The van der Waals surface area contributed by atoms with Crippen LogP contribution in [0.5, 0.6) is 0 Å². The molecule has 1 aromatic rings. The van der Waals surface area contributed by atoms with E-state index in [0.29, 0.717) is 25.9 Å². The predicted molar refractivity (Wildman–Crippen MR) is 78.9 cm³/mol. The molecule has 1 aliphatic heterocycles. The highest BCUT2D eigenvalue weighted by Gasteiger charge is 2.33. The number of hydrogen-bond acceptors (Lipinski definition) is 2. The van der Waals surface area contributed by atoms with Crippen molar-refractivity contribution in [2.75, 3.05) is 13.1 Å². The average molecular weight is 328 g/mol. The van der Waals surface area contributed by atoms with Crippen LogP contribution in [0, 0.1) is 6.92 Å². The van der Waals surface area contributed by atoms with Crippen LogP contribution in [0.2, 0.25) is 0 Å². The van der Waals surface area contributed by atoms with Gasteiger partial charge in [-0.15, -0.1) is 0 Å². The molecule has 1 fully saturated rings. The molecule has 0 unspecified atom stereocenters. The first-order chi connectivity index (χ1) is 10.7. The minimum atomic E-state index is -4.47. The summed E-state index contributed by atoms with van der Waals surface area (Å²) in [5.74, 6) is -0.528. The van der Waals surface area contributed by atoms with Gasteiger partial charge in [-0.25, -0.2) is 0 Å². The Morgan fingerprint density at radius 3 is 2.35 bits per heavy atom. The number of carbonyl (C=O) groups excluding carboxylic acids is 2. The van der Waals surface area contributed by atoms with E-state index in [1.54, 1.807) is 0 Å². The highest BCUT2D eigenvalue weighted by Crippen LogP contribution is 2.32. The molecule has 2 amide bonds. The van der Waals surface area contributed by atoms with Crippen LogP contribution in [0.3, 0.4) is 0 Å². The average Bonchev–Trinajstić information content (AvgIpc) is 2.46.